The van der Waals surface area contributed by atoms with Gasteiger partial charge in [0.05, 0.1) is 21.1 Å². The summed E-state index contributed by atoms with van der Waals surface area (Å²) in [5.74, 6) is 1.04. The molecule has 0 radical (unpaired) electrons. The van der Waals surface area contributed by atoms with Crippen molar-refractivity contribution < 1.29 is 4.74 Å². The van der Waals surface area contributed by atoms with Crippen LogP contribution in [0, 0.1) is 11.3 Å². The second-order valence-corrected chi connectivity index (χ2v) is 4.81. The molecule has 2 rings (SSSR count). The lowest BCUT2D eigenvalue weighted by molar-refractivity contribution is 0.480. The van der Waals surface area contributed by atoms with Gasteiger partial charge in [-0.2, -0.15) is 5.26 Å². The van der Waals surface area contributed by atoms with E-state index >= 15 is 0 Å². The summed E-state index contributed by atoms with van der Waals surface area (Å²) in [6, 6.07) is 12.1. The van der Waals surface area contributed by atoms with Crippen molar-refractivity contribution in [1.29, 1.82) is 5.26 Å². The molecule has 18 heavy (non-hydrogen) atoms. The van der Waals surface area contributed by atoms with Crippen molar-refractivity contribution in [3.05, 3.63) is 51.5 Å². The van der Waals surface area contributed by atoms with Crippen LogP contribution in [0.2, 0.25) is 5.02 Å². The summed E-state index contributed by atoms with van der Waals surface area (Å²) in [4.78, 5) is 0. The molecule has 0 aliphatic heterocycles. The number of nitrogens with zero attached hydrogens (tertiary/aromatic N) is 1. The van der Waals surface area contributed by atoms with Crippen LogP contribution in [0.1, 0.15) is 5.56 Å². The molecule has 0 aliphatic carbocycles. The van der Waals surface area contributed by atoms with Gasteiger partial charge in [-0.1, -0.05) is 11.6 Å². The quantitative estimate of drug-likeness (QED) is 0.836. The van der Waals surface area contributed by atoms with Crippen molar-refractivity contribution in [2.45, 2.75) is 0 Å². The van der Waals surface area contributed by atoms with Gasteiger partial charge in [-0.15, -0.1) is 0 Å². The van der Waals surface area contributed by atoms with Crippen LogP contribution >= 0.6 is 27.5 Å². The van der Waals surface area contributed by atoms with Gasteiger partial charge < -0.3 is 10.5 Å². The van der Waals surface area contributed by atoms with Crippen LogP contribution < -0.4 is 10.5 Å². The minimum Gasteiger partial charge on any atom is -0.455 e. The fourth-order valence-corrected chi connectivity index (χ4v) is 1.92. The molecule has 0 bridgehead atoms. The summed E-state index contributed by atoms with van der Waals surface area (Å²) in [5.41, 5.74) is 6.77. The molecular weight excluding hydrogens is 316 g/mol. The first-order chi connectivity index (χ1) is 8.60. The Morgan fingerprint density at radius 3 is 2.61 bits per heavy atom. The molecule has 0 fully saturated rings. The predicted molar refractivity (Wildman–Crippen MR) is 74.8 cm³/mol. The van der Waals surface area contributed by atoms with Crippen LogP contribution in [-0.4, -0.2) is 0 Å². The predicted octanol–water partition coefficient (Wildman–Crippen LogP) is 4.35. The SMILES string of the molecule is N#Cc1ccc(Oc2cc(N)ccc2Br)c(Cl)c1. The number of nitriles is 1. The van der Waals surface area contributed by atoms with E-state index in [1.54, 1.807) is 36.4 Å². The van der Waals surface area contributed by atoms with Crippen molar-refractivity contribution in [2.75, 3.05) is 5.73 Å². The summed E-state index contributed by atoms with van der Waals surface area (Å²) in [6.45, 7) is 0. The van der Waals surface area contributed by atoms with Crippen LogP contribution in [0.5, 0.6) is 11.5 Å². The summed E-state index contributed by atoms with van der Waals surface area (Å²) in [5, 5.41) is 9.13. The van der Waals surface area contributed by atoms with Gasteiger partial charge in [0.25, 0.3) is 0 Å². The molecule has 0 saturated heterocycles. The number of nitrogens with two attached hydrogens (primary N) is 1. The Balaban J connectivity index is 2.34. The molecule has 2 aromatic carbocycles. The number of anilines is 1. The molecule has 3 nitrogen and oxygen atoms in total. The van der Waals surface area contributed by atoms with Crippen molar-refractivity contribution in [3.63, 3.8) is 0 Å². The van der Waals surface area contributed by atoms with Gasteiger partial charge in [0.2, 0.25) is 0 Å². The standard InChI is InChI=1S/C13H8BrClN2O/c14-10-3-2-9(17)6-13(10)18-12-4-1-8(7-16)5-11(12)15/h1-6H,17H2. The summed E-state index contributed by atoms with van der Waals surface area (Å²) < 4.78 is 6.43. The first-order valence-corrected chi connectivity index (χ1v) is 6.20. The molecule has 2 aromatic rings. The monoisotopic (exact) mass is 322 g/mol. The van der Waals surface area contributed by atoms with Crippen molar-refractivity contribution in [1.82, 2.24) is 0 Å². The molecule has 0 aliphatic rings. The fraction of sp³-hybridized carbons (Fsp3) is 0. The van der Waals surface area contributed by atoms with Gasteiger partial charge in [-0.3, -0.25) is 0 Å². The maximum Gasteiger partial charge on any atom is 0.146 e. The van der Waals surface area contributed by atoms with Crippen LogP contribution in [-0.2, 0) is 0 Å². The molecule has 0 atom stereocenters. The Kier molecular flexibility index (Phi) is 3.75. The molecule has 0 heterocycles. The summed E-state index contributed by atoms with van der Waals surface area (Å²) in [6.07, 6.45) is 0. The number of ether oxygens (including phenoxy) is 1. The lowest BCUT2D eigenvalue weighted by Gasteiger charge is -2.10. The molecule has 0 spiro atoms. The molecule has 5 heteroatoms. The zero-order valence-corrected chi connectivity index (χ0v) is 11.5. The van der Waals surface area contributed by atoms with E-state index in [0.29, 0.717) is 27.8 Å². The van der Waals surface area contributed by atoms with Gasteiger partial charge in [-0.25, -0.2) is 0 Å². The van der Waals surface area contributed by atoms with E-state index in [9.17, 15) is 0 Å². The Morgan fingerprint density at radius 1 is 1.17 bits per heavy atom. The molecule has 0 amide bonds. The highest BCUT2D eigenvalue weighted by molar-refractivity contribution is 9.10. The van der Waals surface area contributed by atoms with E-state index in [1.807, 2.05) is 6.07 Å². The third kappa shape index (κ3) is 2.76. The molecule has 2 N–H and O–H groups in total. The Hall–Kier alpha value is -1.70. The number of benzene rings is 2. The van der Waals surface area contributed by atoms with Crippen molar-refractivity contribution in [2.24, 2.45) is 0 Å². The maximum atomic E-state index is 8.75. The molecule has 0 saturated carbocycles. The Labute approximate surface area is 118 Å². The molecule has 0 aromatic heterocycles. The van der Waals surface area contributed by atoms with E-state index < -0.39 is 0 Å². The van der Waals surface area contributed by atoms with Crippen LogP contribution in [0.15, 0.2) is 40.9 Å². The second kappa shape index (κ2) is 5.30. The highest BCUT2D eigenvalue weighted by Gasteiger charge is 2.07. The zero-order chi connectivity index (χ0) is 13.1. The summed E-state index contributed by atoms with van der Waals surface area (Å²) in [7, 11) is 0. The Morgan fingerprint density at radius 2 is 1.94 bits per heavy atom. The third-order valence-electron chi connectivity index (χ3n) is 2.24. The van der Waals surface area contributed by atoms with Gasteiger partial charge in [0.1, 0.15) is 11.5 Å². The first kappa shape index (κ1) is 12.7. The zero-order valence-electron chi connectivity index (χ0n) is 9.15. The fourth-order valence-electron chi connectivity index (χ4n) is 1.37. The van der Waals surface area contributed by atoms with Gasteiger partial charge in [0.15, 0.2) is 0 Å². The van der Waals surface area contributed by atoms with E-state index in [4.69, 9.17) is 27.3 Å². The van der Waals surface area contributed by atoms with E-state index in [2.05, 4.69) is 15.9 Å². The lowest BCUT2D eigenvalue weighted by Crippen LogP contribution is -1.90. The minimum absolute atomic E-state index is 0.378. The largest absolute Gasteiger partial charge is 0.455 e. The summed E-state index contributed by atoms with van der Waals surface area (Å²) >= 11 is 9.39. The lowest BCUT2D eigenvalue weighted by atomic mass is 10.2. The van der Waals surface area contributed by atoms with Gasteiger partial charge >= 0.3 is 0 Å². The second-order valence-electron chi connectivity index (χ2n) is 3.55. The topological polar surface area (TPSA) is 59.0 Å². The van der Waals surface area contributed by atoms with Crippen LogP contribution in [0.3, 0.4) is 0 Å². The molecule has 0 unspecified atom stereocenters. The minimum atomic E-state index is 0.378. The Bertz CT molecular complexity index is 637. The van der Waals surface area contributed by atoms with E-state index in [-0.39, 0.29) is 0 Å². The third-order valence-corrected chi connectivity index (χ3v) is 3.19. The number of hydrogen-bond donors (Lipinski definition) is 1. The van der Waals surface area contributed by atoms with Gasteiger partial charge in [-0.05, 0) is 46.3 Å². The van der Waals surface area contributed by atoms with Crippen molar-refractivity contribution >= 4 is 33.2 Å². The smallest absolute Gasteiger partial charge is 0.146 e. The highest BCUT2D eigenvalue weighted by atomic mass is 79.9. The van der Waals surface area contributed by atoms with E-state index in [1.165, 1.54) is 0 Å². The van der Waals surface area contributed by atoms with Crippen LogP contribution in [0.25, 0.3) is 0 Å². The maximum absolute atomic E-state index is 8.75. The highest BCUT2D eigenvalue weighted by Crippen LogP contribution is 2.35. The number of rotatable bonds is 2. The average Bonchev–Trinajstić information content (AvgIpc) is 2.36. The van der Waals surface area contributed by atoms with Gasteiger partial charge in [0, 0.05) is 11.8 Å². The number of halogens is 2. The number of nitrogen functional groups attached to an aromatic ring is 1. The van der Waals surface area contributed by atoms with E-state index in [0.717, 1.165) is 4.47 Å². The molecule has 90 valence electrons. The average molecular weight is 324 g/mol. The van der Waals surface area contributed by atoms with Crippen molar-refractivity contribution in [3.8, 4) is 17.6 Å². The molecular formula is C13H8BrClN2O. The first-order valence-electron chi connectivity index (χ1n) is 5.02. The normalized spacial score (nSPS) is 9.83. The number of hydrogen-bond acceptors (Lipinski definition) is 3. The van der Waals surface area contributed by atoms with Crippen LogP contribution in [0.4, 0.5) is 5.69 Å².